The van der Waals surface area contributed by atoms with E-state index in [-0.39, 0.29) is 33.4 Å². The SMILES string of the molecule is COc1ccc(-c2cnc(C(=O)Nc3ccc(C=O)c(Cl)c3)[nH]2)c(F)c1F. The van der Waals surface area contributed by atoms with Crippen LogP contribution in [-0.2, 0) is 0 Å². The van der Waals surface area contributed by atoms with Gasteiger partial charge >= 0.3 is 0 Å². The van der Waals surface area contributed by atoms with Crippen LogP contribution in [0.5, 0.6) is 5.75 Å². The quantitative estimate of drug-likeness (QED) is 0.642. The second-order valence-corrected chi connectivity index (χ2v) is 5.80. The lowest BCUT2D eigenvalue weighted by Gasteiger charge is -2.06. The molecule has 0 atom stereocenters. The van der Waals surface area contributed by atoms with Gasteiger partial charge in [-0.25, -0.2) is 9.37 Å². The molecule has 0 spiro atoms. The van der Waals surface area contributed by atoms with Gasteiger partial charge in [-0.1, -0.05) is 11.6 Å². The van der Waals surface area contributed by atoms with E-state index < -0.39 is 17.5 Å². The summed E-state index contributed by atoms with van der Waals surface area (Å²) >= 11 is 5.91. The zero-order chi connectivity index (χ0) is 19.6. The van der Waals surface area contributed by atoms with Gasteiger partial charge in [0, 0.05) is 16.8 Å². The molecular formula is C18H12ClF2N3O3. The molecule has 0 aliphatic carbocycles. The fourth-order valence-electron chi connectivity index (χ4n) is 2.36. The number of halogens is 3. The summed E-state index contributed by atoms with van der Waals surface area (Å²) in [6.45, 7) is 0. The summed E-state index contributed by atoms with van der Waals surface area (Å²) in [6, 6.07) is 6.94. The van der Waals surface area contributed by atoms with E-state index in [1.54, 1.807) is 0 Å². The number of aromatic nitrogens is 2. The van der Waals surface area contributed by atoms with Gasteiger partial charge in [-0.3, -0.25) is 9.59 Å². The molecule has 3 aromatic rings. The Balaban J connectivity index is 1.83. The largest absolute Gasteiger partial charge is 0.494 e. The zero-order valence-corrected chi connectivity index (χ0v) is 14.6. The lowest BCUT2D eigenvalue weighted by molar-refractivity contribution is 0.101. The van der Waals surface area contributed by atoms with Crippen molar-refractivity contribution in [1.82, 2.24) is 9.97 Å². The molecule has 0 saturated heterocycles. The summed E-state index contributed by atoms with van der Waals surface area (Å²) in [7, 11) is 1.23. The number of methoxy groups -OCH3 is 1. The highest BCUT2D eigenvalue weighted by Crippen LogP contribution is 2.28. The summed E-state index contributed by atoms with van der Waals surface area (Å²) < 4.78 is 32.7. The van der Waals surface area contributed by atoms with E-state index in [9.17, 15) is 18.4 Å². The summed E-state index contributed by atoms with van der Waals surface area (Å²) in [6.07, 6.45) is 1.80. The molecule has 2 aromatic carbocycles. The van der Waals surface area contributed by atoms with Crippen LogP contribution in [0.2, 0.25) is 5.02 Å². The first kappa shape index (κ1) is 18.5. The number of ether oxygens (including phenoxy) is 1. The number of anilines is 1. The maximum Gasteiger partial charge on any atom is 0.291 e. The molecule has 1 aromatic heterocycles. The van der Waals surface area contributed by atoms with Crippen LogP contribution in [0.25, 0.3) is 11.3 Å². The van der Waals surface area contributed by atoms with E-state index in [0.29, 0.717) is 12.0 Å². The maximum absolute atomic E-state index is 14.2. The molecule has 2 N–H and O–H groups in total. The Hall–Kier alpha value is -3.26. The van der Waals surface area contributed by atoms with Crippen LogP contribution in [0.15, 0.2) is 36.5 Å². The smallest absolute Gasteiger partial charge is 0.291 e. The van der Waals surface area contributed by atoms with Crippen LogP contribution in [-0.4, -0.2) is 29.3 Å². The van der Waals surface area contributed by atoms with Crippen molar-refractivity contribution in [2.24, 2.45) is 0 Å². The third-order valence-corrected chi connectivity index (χ3v) is 4.06. The number of nitrogens with zero attached hydrogens (tertiary/aromatic N) is 1. The first-order valence-corrected chi connectivity index (χ1v) is 7.95. The number of carbonyl (C=O) groups excluding carboxylic acids is 2. The minimum atomic E-state index is -1.14. The van der Waals surface area contributed by atoms with Gasteiger partial charge in [0.15, 0.2) is 23.7 Å². The predicted octanol–water partition coefficient (Wildman–Crippen LogP) is 4.08. The van der Waals surface area contributed by atoms with E-state index in [4.69, 9.17) is 16.3 Å². The van der Waals surface area contributed by atoms with Crippen LogP contribution >= 0.6 is 11.6 Å². The fourth-order valence-corrected chi connectivity index (χ4v) is 2.59. The first-order valence-electron chi connectivity index (χ1n) is 7.58. The van der Waals surface area contributed by atoms with Crippen molar-refractivity contribution < 1.29 is 23.1 Å². The molecule has 0 radical (unpaired) electrons. The number of nitrogens with one attached hydrogen (secondary N) is 2. The highest BCUT2D eigenvalue weighted by Gasteiger charge is 2.18. The molecule has 0 saturated carbocycles. The normalized spacial score (nSPS) is 10.5. The average molecular weight is 392 g/mol. The van der Waals surface area contributed by atoms with Crippen LogP contribution in [0.3, 0.4) is 0 Å². The number of H-pyrrole nitrogens is 1. The highest BCUT2D eigenvalue weighted by atomic mass is 35.5. The summed E-state index contributed by atoms with van der Waals surface area (Å²) in [5.41, 5.74) is 0.647. The number of imidazole rings is 1. The van der Waals surface area contributed by atoms with Gasteiger partial charge in [0.1, 0.15) is 0 Å². The maximum atomic E-state index is 14.2. The Kier molecular flexibility index (Phi) is 5.18. The molecule has 138 valence electrons. The Morgan fingerprint density at radius 2 is 2.04 bits per heavy atom. The second-order valence-electron chi connectivity index (χ2n) is 5.40. The Morgan fingerprint density at radius 3 is 2.70 bits per heavy atom. The number of carbonyl (C=O) groups is 2. The fraction of sp³-hybridized carbons (Fsp3) is 0.0556. The minimum Gasteiger partial charge on any atom is -0.494 e. The standard InChI is InChI=1S/C18H12ClF2N3O3/c1-27-14-5-4-11(15(20)16(14)21)13-7-22-17(24-13)18(26)23-10-3-2-9(8-25)12(19)6-10/h2-8H,1H3,(H,22,24)(H,23,26). The second kappa shape index (κ2) is 7.55. The molecule has 0 aliphatic rings. The third kappa shape index (κ3) is 3.65. The monoisotopic (exact) mass is 391 g/mol. The highest BCUT2D eigenvalue weighted by molar-refractivity contribution is 6.33. The van der Waals surface area contributed by atoms with Crippen molar-refractivity contribution in [3.8, 4) is 17.0 Å². The van der Waals surface area contributed by atoms with E-state index in [1.165, 1.54) is 43.6 Å². The number of benzene rings is 2. The zero-order valence-electron chi connectivity index (χ0n) is 13.8. The average Bonchev–Trinajstić information content (AvgIpc) is 3.14. The molecule has 1 amide bonds. The molecule has 0 bridgehead atoms. The molecule has 0 fully saturated rings. The van der Waals surface area contributed by atoms with Crippen LogP contribution in [0, 0.1) is 11.6 Å². The van der Waals surface area contributed by atoms with Crippen LogP contribution in [0.1, 0.15) is 21.0 Å². The van der Waals surface area contributed by atoms with Crippen LogP contribution in [0.4, 0.5) is 14.5 Å². The number of amides is 1. The van der Waals surface area contributed by atoms with E-state index in [0.717, 1.165) is 0 Å². The molecule has 0 aliphatic heterocycles. The number of aldehydes is 1. The summed E-state index contributed by atoms with van der Waals surface area (Å²) in [5.74, 6) is -3.23. The van der Waals surface area contributed by atoms with Gasteiger partial charge < -0.3 is 15.0 Å². The van der Waals surface area contributed by atoms with Gasteiger partial charge in [-0.15, -0.1) is 0 Å². The Morgan fingerprint density at radius 1 is 1.26 bits per heavy atom. The first-order chi connectivity index (χ1) is 12.9. The van der Waals surface area contributed by atoms with Crippen molar-refractivity contribution in [3.63, 3.8) is 0 Å². The minimum absolute atomic E-state index is 0.0989. The predicted molar refractivity (Wildman–Crippen MR) is 95.3 cm³/mol. The Bertz CT molecular complexity index is 1040. The third-order valence-electron chi connectivity index (χ3n) is 3.73. The van der Waals surface area contributed by atoms with Crippen molar-refractivity contribution in [1.29, 1.82) is 0 Å². The van der Waals surface area contributed by atoms with E-state index in [2.05, 4.69) is 15.3 Å². The lowest BCUT2D eigenvalue weighted by atomic mass is 10.1. The van der Waals surface area contributed by atoms with Gasteiger partial charge in [-0.2, -0.15) is 4.39 Å². The van der Waals surface area contributed by atoms with Crippen molar-refractivity contribution >= 4 is 29.5 Å². The summed E-state index contributed by atoms with van der Waals surface area (Å²) in [5, 5.41) is 2.72. The van der Waals surface area contributed by atoms with E-state index >= 15 is 0 Å². The van der Waals surface area contributed by atoms with Gasteiger partial charge in [-0.05, 0) is 30.3 Å². The molecule has 0 unspecified atom stereocenters. The molecule has 1 heterocycles. The summed E-state index contributed by atoms with van der Waals surface area (Å²) in [4.78, 5) is 29.5. The van der Waals surface area contributed by atoms with Crippen molar-refractivity contribution in [2.45, 2.75) is 0 Å². The van der Waals surface area contributed by atoms with Gasteiger partial charge in [0.25, 0.3) is 5.91 Å². The number of rotatable bonds is 5. The lowest BCUT2D eigenvalue weighted by Crippen LogP contribution is -2.13. The Labute approximate surface area is 157 Å². The molecule has 3 rings (SSSR count). The molecule has 9 heteroatoms. The molecular weight excluding hydrogens is 380 g/mol. The van der Waals surface area contributed by atoms with Gasteiger partial charge in [0.2, 0.25) is 5.82 Å². The van der Waals surface area contributed by atoms with Crippen molar-refractivity contribution in [3.05, 3.63) is 64.6 Å². The van der Waals surface area contributed by atoms with Crippen molar-refractivity contribution in [2.75, 3.05) is 12.4 Å². The molecule has 27 heavy (non-hydrogen) atoms. The van der Waals surface area contributed by atoms with E-state index in [1.807, 2.05) is 0 Å². The number of hydrogen-bond acceptors (Lipinski definition) is 4. The van der Waals surface area contributed by atoms with Gasteiger partial charge in [0.05, 0.1) is 24.0 Å². The molecule has 6 nitrogen and oxygen atoms in total. The van der Waals surface area contributed by atoms with Crippen LogP contribution < -0.4 is 10.1 Å². The number of aromatic amines is 1. The number of hydrogen-bond donors (Lipinski definition) is 2. The topological polar surface area (TPSA) is 84.1 Å².